The molecule has 0 saturated carbocycles. The fourth-order valence-electron chi connectivity index (χ4n) is 1.58. The number of nitrogens with zero attached hydrogens (tertiary/aromatic N) is 1. The second-order valence-corrected chi connectivity index (χ2v) is 5.43. The fourth-order valence-corrected chi connectivity index (χ4v) is 2.30. The Kier molecular flexibility index (Phi) is 4.50. The van der Waals surface area contributed by atoms with Gasteiger partial charge in [-0.25, -0.2) is 0 Å². The smallest absolute Gasteiger partial charge is 0.134 e. The van der Waals surface area contributed by atoms with Gasteiger partial charge in [-0.2, -0.15) is 0 Å². The van der Waals surface area contributed by atoms with Crippen LogP contribution in [0.1, 0.15) is 16.8 Å². The van der Waals surface area contributed by atoms with Gasteiger partial charge in [0.05, 0.1) is 10.2 Å². The molecule has 0 aliphatic heterocycles. The topological polar surface area (TPSA) is 48.1 Å². The first-order chi connectivity index (χ1) is 9.06. The van der Waals surface area contributed by atoms with Crippen molar-refractivity contribution in [1.82, 2.24) is 4.98 Å². The Morgan fingerprint density at radius 1 is 1.37 bits per heavy atom. The second kappa shape index (κ2) is 6.12. The normalized spacial score (nSPS) is 10.2. The maximum Gasteiger partial charge on any atom is 0.134 e. The van der Waals surface area contributed by atoms with Crippen LogP contribution >= 0.6 is 28.1 Å². The molecule has 0 spiro atoms. The molecule has 0 unspecified atom stereocenters. The first-order valence-electron chi connectivity index (χ1n) is 5.70. The standard InChI is InChI=1S/C14H13BrN2OS/c1-9-2-3-13(11(15)6-9)18-8-10-4-5-17-12(7-10)14(16)19/h2-7H,8H2,1H3,(H2,16,19). The molecule has 1 aromatic heterocycles. The van der Waals surface area contributed by atoms with Gasteiger partial charge in [0.15, 0.2) is 0 Å². The van der Waals surface area contributed by atoms with Gasteiger partial charge in [-0.05, 0) is 58.2 Å². The predicted octanol–water partition coefficient (Wildman–Crippen LogP) is 3.37. The summed E-state index contributed by atoms with van der Waals surface area (Å²) < 4.78 is 6.69. The highest BCUT2D eigenvalue weighted by Gasteiger charge is 2.04. The molecule has 0 fully saturated rings. The number of benzene rings is 1. The van der Waals surface area contributed by atoms with Crippen molar-refractivity contribution in [3.63, 3.8) is 0 Å². The van der Waals surface area contributed by atoms with Gasteiger partial charge in [0.1, 0.15) is 17.3 Å². The van der Waals surface area contributed by atoms with Gasteiger partial charge in [-0.1, -0.05) is 18.3 Å². The third kappa shape index (κ3) is 3.75. The van der Waals surface area contributed by atoms with E-state index in [0.717, 1.165) is 15.8 Å². The van der Waals surface area contributed by atoms with Crippen molar-refractivity contribution in [2.45, 2.75) is 13.5 Å². The van der Waals surface area contributed by atoms with Crippen molar-refractivity contribution < 1.29 is 4.74 Å². The molecule has 3 nitrogen and oxygen atoms in total. The van der Waals surface area contributed by atoms with Gasteiger partial charge in [-0.3, -0.25) is 4.98 Å². The summed E-state index contributed by atoms with van der Waals surface area (Å²) in [6.45, 7) is 2.48. The minimum Gasteiger partial charge on any atom is -0.488 e. The molecule has 1 heterocycles. The van der Waals surface area contributed by atoms with Gasteiger partial charge in [0.2, 0.25) is 0 Å². The molecule has 2 rings (SSSR count). The number of hydrogen-bond donors (Lipinski definition) is 1. The Labute approximate surface area is 125 Å². The zero-order chi connectivity index (χ0) is 13.8. The third-order valence-electron chi connectivity index (χ3n) is 2.56. The Morgan fingerprint density at radius 3 is 2.84 bits per heavy atom. The fraction of sp³-hybridized carbons (Fsp3) is 0.143. The molecule has 0 atom stereocenters. The van der Waals surface area contributed by atoms with E-state index in [4.69, 9.17) is 22.7 Å². The average Bonchev–Trinajstić information content (AvgIpc) is 2.38. The number of ether oxygens (including phenoxy) is 1. The number of pyridine rings is 1. The molecule has 0 bridgehead atoms. The lowest BCUT2D eigenvalue weighted by Crippen LogP contribution is -2.12. The van der Waals surface area contributed by atoms with Crippen LogP contribution in [0.5, 0.6) is 5.75 Å². The summed E-state index contributed by atoms with van der Waals surface area (Å²) in [5.74, 6) is 0.805. The largest absolute Gasteiger partial charge is 0.488 e. The van der Waals surface area contributed by atoms with E-state index in [2.05, 4.69) is 20.9 Å². The quantitative estimate of drug-likeness (QED) is 0.869. The summed E-state index contributed by atoms with van der Waals surface area (Å²) in [7, 11) is 0. The van der Waals surface area contributed by atoms with Crippen LogP contribution < -0.4 is 10.5 Å². The maximum atomic E-state index is 5.75. The zero-order valence-corrected chi connectivity index (χ0v) is 12.8. The number of hydrogen-bond acceptors (Lipinski definition) is 3. The molecular formula is C14H13BrN2OS. The van der Waals surface area contributed by atoms with Gasteiger partial charge in [-0.15, -0.1) is 0 Å². The zero-order valence-electron chi connectivity index (χ0n) is 10.4. The molecule has 98 valence electrons. The van der Waals surface area contributed by atoms with E-state index in [1.54, 1.807) is 6.20 Å². The summed E-state index contributed by atoms with van der Waals surface area (Å²) in [4.78, 5) is 4.38. The van der Waals surface area contributed by atoms with E-state index in [9.17, 15) is 0 Å². The molecule has 1 aromatic carbocycles. The summed E-state index contributed by atoms with van der Waals surface area (Å²) in [5, 5.41) is 0. The van der Waals surface area contributed by atoms with E-state index in [-0.39, 0.29) is 0 Å². The molecule has 5 heteroatoms. The highest BCUT2D eigenvalue weighted by molar-refractivity contribution is 9.10. The van der Waals surface area contributed by atoms with Gasteiger partial charge in [0.25, 0.3) is 0 Å². The predicted molar refractivity (Wildman–Crippen MR) is 83.3 cm³/mol. The van der Waals surface area contributed by atoms with Crippen LogP contribution in [0.15, 0.2) is 41.0 Å². The summed E-state index contributed by atoms with van der Waals surface area (Å²) >= 11 is 8.38. The molecule has 2 aromatic rings. The summed E-state index contributed by atoms with van der Waals surface area (Å²) in [6.07, 6.45) is 1.68. The van der Waals surface area contributed by atoms with E-state index in [1.165, 1.54) is 5.56 Å². The monoisotopic (exact) mass is 336 g/mol. The van der Waals surface area contributed by atoms with Crippen LogP contribution in [-0.4, -0.2) is 9.97 Å². The van der Waals surface area contributed by atoms with Crippen LogP contribution in [0.25, 0.3) is 0 Å². The Morgan fingerprint density at radius 2 is 2.16 bits per heavy atom. The maximum absolute atomic E-state index is 5.75. The average molecular weight is 337 g/mol. The van der Waals surface area contributed by atoms with Crippen molar-refractivity contribution >= 4 is 33.1 Å². The molecular weight excluding hydrogens is 324 g/mol. The molecule has 0 saturated heterocycles. The Balaban J connectivity index is 2.10. The van der Waals surface area contributed by atoms with Crippen molar-refractivity contribution in [2.75, 3.05) is 0 Å². The number of nitrogens with two attached hydrogens (primary N) is 1. The van der Waals surface area contributed by atoms with Crippen LogP contribution in [0.3, 0.4) is 0 Å². The number of halogens is 1. The van der Waals surface area contributed by atoms with Crippen molar-refractivity contribution in [3.8, 4) is 5.75 Å². The summed E-state index contributed by atoms with van der Waals surface area (Å²) in [5.41, 5.74) is 8.32. The lowest BCUT2D eigenvalue weighted by atomic mass is 10.2. The third-order valence-corrected chi connectivity index (χ3v) is 3.39. The minimum absolute atomic E-state index is 0.290. The molecule has 2 N–H and O–H groups in total. The van der Waals surface area contributed by atoms with E-state index in [0.29, 0.717) is 17.3 Å². The molecule has 0 aliphatic rings. The van der Waals surface area contributed by atoms with E-state index >= 15 is 0 Å². The van der Waals surface area contributed by atoms with E-state index < -0.39 is 0 Å². The van der Waals surface area contributed by atoms with Crippen molar-refractivity contribution in [2.24, 2.45) is 5.73 Å². The van der Waals surface area contributed by atoms with Gasteiger partial charge >= 0.3 is 0 Å². The Bertz CT molecular complexity index is 616. The first-order valence-corrected chi connectivity index (χ1v) is 6.90. The van der Waals surface area contributed by atoms with E-state index in [1.807, 2.05) is 37.3 Å². The van der Waals surface area contributed by atoms with Crippen molar-refractivity contribution in [1.29, 1.82) is 0 Å². The molecule has 0 radical (unpaired) electrons. The number of rotatable bonds is 4. The summed E-state index contributed by atoms with van der Waals surface area (Å²) in [6, 6.07) is 9.68. The van der Waals surface area contributed by atoms with Crippen LogP contribution in [-0.2, 0) is 6.61 Å². The Hall–Kier alpha value is -1.46. The van der Waals surface area contributed by atoms with Gasteiger partial charge in [0, 0.05) is 6.20 Å². The molecule has 0 amide bonds. The van der Waals surface area contributed by atoms with Crippen LogP contribution in [0.2, 0.25) is 0 Å². The number of aryl methyl sites for hydroxylation is 1. The minimum atomic E-state index is 0.290. The molecule has 19 heavy (non-hydrogen) atoms. The number of aromatic nitrogens is 1. The highest BCUT2D eigenvalue weighted by Crippen LogP contribution is 2.26. The van der Waals surface area contributed by atoms with Crippen molar-refractivity contribution in [3.05, 3.63) is 57.8 Å². The first kappa shape index (κ1) is 14.0. The second-order valence-electron chi connectivity index (χ2n) is 4.14. The highest BCUT2D eigenvalue weighted by atomic mass is 79.9. The lowest BCUT2D eigenvalue weighted by Gasteiger charge is -2.09. The van der Waals surface area contributed by atoms with Crippen LogP contribution in [0.4, 0.5) is 0 Å². The van der Waals surface area contributed by atoms with Gasteiger partial charge < -0.3 is 10.5 Å². The lowest BCUT2D eigenvalue weighted by molar-refractivity contribution is 0.304. The molecule has 0 aliphatic carbocycles. The van der Waals surface area contributed by atoms with Crippen LogP contribution in [0, 0.1) is 6.92 Å². The SMILES string of the molecule is Cc1ccc(OCc2ccnc(C(N)=S)c2)c(Br)c1. The number of thiocarbonyl (C=S) groups is 1.